The number of carbonyl (C=O) groups excluding carboxylic acids is 1. The lowest BCUT2D eigenvalue weighted by Gasteiger charge is -2.33. The van der Waals surface area contributed by atoms with E-state index < -0.39 is 5.82 Å². The zero-order valence-corrected chi connectivity index (χ0v) is 16.8. The molecule has 8 heteroatoms. The Morgan fingerprint density at radius 1 is 1.06 bits per heavy atom. The van der Waals surface area contributed by atoms with Gasteiger partial charge in [-0.1, -0.05) is 18.2 Å². The minimum Gasteiger partial charge on any atom is -0.354 e. The van der Waals surface area contributed by atoms with Gasteiger partial charge >= 0.3 is 0 Å². The van der Waals surface area contributed by atoms with Crippen LogP contribution in [0.25, 0.3) is 5.69 Å². The van der Waals surface area contributed by atoms with Crippen LogP contribution in [0.4, 0.5) is 14.6 Å². The summed E-state index contributed by atoms with van der Waals surface area (Å²) >= 11 is 0. The molecule has 31 heavy (non-hydrogen) atoms. The molecule has 1 aliphatic heterocycles. The van der Waals surface area contributed by atoms with Gasteiger partial charge in [0.25, 0.3) is 5.56 Å². The Bertz CT molecular complexity index is 1130. The minimum absolute atomic E-state index is 0.0764. The van der Waals surface area contributed by atoms with Crippen molar-refractivity contribution in [2.45, 2.75) is 19.4 Å². The van der Waals surface area contributed by atoms with Crippen LogP contribution in [0.5, 0.6) is 0 Å². The Kier molecular flexibility index (Phi) is 6.06. The van der Waals surface area contributed by atoms with Crippen LogP contribution in [0.3, 0.4) is 0 Å². The van der Waals surface area contributed by atoms with E-state index in [4.69, 9.17) is 0 Å². The monoisotopic (exact) mass is 424 g/mol. The number of carbonyl (C=O) groups is 1. The molecule has 0 radical (unpaired) electrons. The third kappa shape index (κ3) is 4.96. The second kappa shape index (κ2) is 9.07. The van der Waals surface area contributed by atoms with Gasteiger partial charge < -0.3 is 10.2 Å². The molecule has 0 unspecified atom stereocenters. The highest BCUT2D eigenvalue weighted by Crippen LogP contribution is 2.22. The van der Waals surface area contributed by atoms with Crippen LogP contribution in [-0.4, -0.2) is 28.8 Å². The van der Waals surface area contributed by atoms with E-state index in [2.05, 4.69) is 10.4 Å². The molecule has 4 rings (SSSR count). The van der Waals surface area contributed by atoms with Crippen LogP contribution >= 0.6 is 0 Å². The Labute approximate surface area is 178 Å². The van der Waals surface area contributed by atoms with Gasteiger partial charge in [0.1, 0.15) is 17.5 Å². The van der Waals surface area contributed by atoms with Gasteiger partial charge in [-0.25, -0.2) is 8.78 Å². The smallest absolute Gasteiger partial charge is 0.271 e. The van der Waals surface area contributed by atoms with E-state index in [0.29, 0.717) is 31.1 Å². The van der Waals surface area contributed by atoms with E-state index in [1.165, 1.54) is 36.4 Å². The first kappa shape index (κ1) is 20.7. The summed E-state index contributed by atoms with van der Waals surface area (Å²) in [5, 5.41) is 7.31. The number of benzene rings is 2. The van der Waals surface area contributed by atoms with Gasteiger partial charge in [-0.2, -0.15) is 4.68 Å². The van der Waals surface area contributed by atoms with Gasteiger partial charge in [-0.3, -0.25) is 9.59 Å². The first-order chi connectivity index (χ1) is 15.0. The maximum Gasteiger partial charge on any atom is 0.271 e. The number of aromatic nitrogens is 2. The largest absolute Gasteiger partial charge is 0.354 e. The predicted octanol–water partition coefficient (Wildman–Crippen LogP) is 3.04. The second-order valence-corrected chi connectivity index (χ2v) is 7.55. The molecule has 1 N–H and O–H groups in total. The van der Waals surface area contributed by atoms with Crippen LogP contribution in [0.15, 0.2) is 65.5 Å². The summed E-state index contributed by atoms with van der Waals surface area (Å²) in [6.07, 6.45) is 1.55. The van der Waals surface area contributed by atoms with Gasteiger partial charge in [0.2, 0.25) is 5.91 Å². The molecule has 1 atom stereocenters. The Morgan fingerprint density at radius 3 is 2.65 bits per heavy atom. The van der Waals surface area contributed by atoms with Crippen molar-refractivity contribution in [3.05, 3.63) is 88.2 Å². The van der Waals surface area contributed by atoms with Crippen LogP contribution < -0.4 is 15.8 Å². The quantitative estimate of drug-likeness (QED) is 0.684. The molecule has 1 fully saturated rings. The number of halogens is 2. The zero-order chi connectivity index (χ0) is 21.8. The number of hydrogen-bond donors (Lipinski definition) is 1. The molecule has 1 aromatic heterocycles. The summed E-state index contributed by atoms with van der Waals surface area (Å²) in [6.45, 7) is 1.50. The average Bonchev–Trinajstić information content (AvgIpc) is 2.79. The Hall–Kier alpha value is -3.55. The maximum absolute atomic E-state index is 13.6. The Morgan fingerprint density at radius 2 is 1.87 bits per heavy atom. The fourth-order valence-corrected chi connectivity index (χ4v) is 3.70. The molecule has 0 aliphatic carbocycles. The van der Waals surface area contributed by atoms with Gasteiger partial charge in [0.05, 0.1) is 11.6 Å². The first-order valence-corrected chi connectivity index (χ1v) is 10.1. The van der Waals surface area contributed by atoms with Crippen molar-refractivity contribution in [3.63, 3.8) is 0 Å². The fourth-order valence-electron chi connectivity index (χ4n) is 3.70. The lowest BCUT2D eigenvalue weighted by Crippen LogP contribution is -2.43. The van der Waals surface area contributed by atoms with Gasteiger partial charge in [0, 0.05) is 25.7 Å². The number of nitrogens with one attached hydrogen (secondary N) is 1. The highest BCUT2D eigenvalue weighted by Gasteiger charge is 2.26. The zero-order valence-electron chi connectivity index (χ0n) is 16.8. The summed E-state index contributed by atoms with van der Waals surface area (Å²) in [6, 6.07) is 14.7. The molecule has 1 saturated heterocycles. The van der Waals surface area contributed by atoms with E-state index in [-0.39, 0.29) is 23.2 Å². The van der Waals surface area contributed by atoms with E-state index in [1.807, 2.05) is 4.90 Å². The van der Waals surface area contributed by atoms with Crippen molar-refractivity contribution in [2.75, 3.05) is 18.0 Å². The van der Waals surface area contributed by atoms with Gasteiger partial charge in [-0.05, 0) is 54.8 Å². The number of hydrogen-bond acceptors (Lipinski definition) is 4. The molecule has 1 aliphatic rings. The molecule has 0 spiro atoms. The number of amides is 1. The van der Waals surface area contributed by atoms with Crippen molar-refractivity contribution in [2.24, 2.45) is 5.92 Å². The van der Waals surface area contributed by atoms with Crippen LogP contribution in [0.2, 0.25) is 0 Å². The Balaban J connectivity index is 1.45. The van der Waals surface area contributed by atoms with E-state index >= 15 is 0 Å². The summed E-state index contributed by atoms with van der Waals surface area (Å²) in [5.41, 5.74) is 0.809. The predicted molar refractivity (Wildman–Crippen MR) is 113 cm³/mol. The summed E-state index contributed by atoms with van der Waals surface area (Å²) in [5.74, 6) is -0.518. The first-order valence-electron chi connectivity index (χ1n) is 10.1. The molecule has 1 amide bonds. The topological polar surface area (TPSA) is 67.2 Å². The molecule has 0 bridgehead atoms. The highest BCUT2D eigenvalue weighted by molar-refractivity contribution is 5.79. The fraction of sp³-hybridized carbons (Fsp3) is 0.261. The lowest BCUT2D eigenvalue weighted by atomic mass is 9.97. The van der Waals surface area contributed by atoms with E-state index in [1.54, 1.807) is 24.3 Å². The third-order valence-corrected chi connectivity index (χ3v) is 5.34. The summed E-state index contributed by atoms with van der Waals surface area (Å²) in [7, 11) is 0. The molecule has 2 aromatic carbocycles. The van der Waals surface area contributed by atoms with Crippen molar-refractivity contribution in [1.82, 2.24) is 15.1 Å². The molecule has 160 valence electrons. The highest BCUT2D eigenvalue weighted by atomic mass is 19.1. The van der Waals surface area contributed by atoms with Crippen molar-refractivity contribution in [3.8, 4) is 5.69 Å². The molecule has 6 nitrogen and oxygen atoms in total. The molecular weight excluding hydrogens is 402 g/mol. The number of rotatable bonds is 5. The van der Waals surface area contributed by atoms with Gasteiger partial charge in [-0.15, -0.1) is 5.10 Å². The van der Waals surface area contributed by atoms with Crippen LogP contribution in [-0.2, 0) is 11.3 Å². The minimum atomic E-state index is -0.451. The number of anilines is 1. The van der Waals surface area contributed by atoms with Crippen LogP contribution in [0, 0.1) is 17.6 Å². The van der Waals surface area contributed by atoms with E-state index in [0.717, 1.165) is 23.1 Å². The standard InChI is InChI=1S/C23H22F2N4O2/c24-18-8-6-16(7-9-18)14-26-23(31)17-3-2-12-28(15-17)21-10-11-22(30)29(27-21)20-5-1-4-19(25)13-20/h1,4-11,13,17H,2-3,12,14-15H2,(H,26,31)/t17-/m0/s1. The van der Waals surface area contributed by atoms with E-state index in [9.17, 15) is 18.4 Å². The van der Waals surface area contributed by atoms with Crippen molar-refractivity contribution < 1.29 is 13.6 Å². The molecule has 0 saturated carbocycles. The lowest BCUT2D eigenvalue weighted by molar-refractivity contribution is -0.125. The summed E-state index contributed by atoms with van der Waals surface area (Å²) in [4.78, 5) is 26.9. The summed E-state index contributed by atoms with van der Waals surface area (Å²) < 4.78 is 27.8. The van der Waals surface area contributed by atoms with Gasteiger partial charge in [0.15, 0.2) is 0 Å². The van der Waals surface area contributed by atoms with Crippen LogP contribution in [0.1, 0.15) is 18.4 Å². The second-order valence-electron chi connectivity index (χ2n) is 7.55. The molecular formula is C23H22F2N4O2. The molecule has 3 aromatic rings. The number of piperidine rings is 1. The average molecular weight is 424 g/mol. The molecule has 2 heterocycles. The maximum atomic E-state index is 13.6. The normalized spacial score (nSPS) is 16.2. The number of nitrogens with zero attached hydrogens (tertiary/aromatic N) is 3. The third-order valence-electron chi connectivity index (χ3n) is 5.34. The SMILES string of the molecule is O=C(NCc1ccc(F)cc1)[C@H]1CCCN(c2ccc(=O)n(-c3cccc(F)c3)n2)C1. The van der Waals surface area contributed by atoms with Crippen molar-refractivity contribution >= 4 is 11.7 Å². The van der Waals surface area contributed by atoms with Crippen molar-refractivity contribution in [1.29, 1.82) is 0 Å².